The molecule has 146 valence electrons. The second-order valence-electron chi connectivity index (χ2n) is 5.90. The molecule has 2 amide bonds. The Balaban J connectivity index is 1.70. The molecule has 0 heterocycles. The minimum absolute atomic E-state index is 0.0796. The number of carbonyl (C=O) groups excluding carboxylic acids is 4. The van der Waals surface area contributed by atoms with Gasteiger partial charge in [0.15, 0.2) is 12.4 Å². The van der Waals surface area contributed by atoms with Crippen LogP contribution >= 0.6 is 11.6 Å². The number of anilines is 2. The van der Waals surface area contributed by atoms with Crippen molar-refractivity contribution in [3.8, 4) is 0 Å². The maximum absolute atomic E-state index is 11.8. The Morgan fingerprint density at radius 3 is 2.25 bits per heavy atom. The summed E-state index contributed by atoms with van der Waals surface area (Å²) in [5, 5.41) is 5.71. The number of ether oxygens (including phenoxy) is 1. The minimum Gasteiger partial charge on any atom is -0.456 e. The van der Waals surface area contributed by atoms with Gasteiger partial charge in [0.25, 0.3) is 5.91 Å². The fourth-order valence-corrected chi connectivity index (χ4v) is 2.33. The molecule has 8 heteroatoms. The highest BCUT2D eigenvalue weighted by molar-refractivity contribution is 6.30. The van der Waals surface area contributed by atoms with Gasteiger partial charge in [-0.2, -0.15) is 0 Å². The highest BCUT2D eigenvalue weighted by Gasteiger charge is 2.11. The van der Waals surface area contributed by atoms with Crippen LogP contribution in [0.1, 0.15) is 30.1 Å². The van der Waals surface area contributed by atoms with Crippen LogP contribution in [-0.4, -0.2) is 30.2 Å². The molecule has 0 radical (unpaired) electrons. The van der Waals surface area contributed by atoms with Gasteiger partial charge < -0.3 is 15.4 Å². The van der Waals surface area contributed by atoms with Gasteiger partial charge in [-0.3, -0.25) is 19.2 Å². The average Bonchev–Trinajstić information content (AvgIpc) is 2.66. The molecule has 0 aliphatic rings. The third kappa shape index (κ3) is 7.20. The molecule has 0 aromatic heterocycles. The molecule has 2 rings (SSSR count). The zero-order chi connectivity index (χ0) is 20.5. The topological polar surface area (TPSA) is 102 Å². The molecule has 7 nitrogen and oxygen atoms in total. The highest BCUT2D eigenvalue weighted by Crippen LogP contribution is 2.14. The summed E-state index contributed by atoms with van der Waals surface area (Å²) in [7, 11) is 0. The van der Waals surface area contributed by atoms with Crippen molar-refractivity contribution in [1.82, 2.24) is 0 Å². The van der Waals surface area contributed by atoms with Crippen molar-refractivity contribution in [2.45, 2.75) is 19.8 Å². The molecule has 0 spiro atoms. The summed E-state index contributed by atoms with van der Waals surface area (Å²) in [6.07, 6.45) is -0.240. The van der Waals surface area contributed by atoms with E-state index in [0.717, 1.165) is 0 Å². The number of esters is 1. The van der Waals surface area contributed by atoms with Crippen LogP contribution in [0.4, 0.5) is 11.4 Å². The SMILES string of the molecule is CC(=O)c1cccc(NC(=O)COC(=O)CCC(=O)Nc2ccc(Cl)cc2)c1. The largest absolute Gasteiger partial charge is 0.456 e. The summed E-state index contributed by atoms with van der Waals surface area (Å²) in [5.41, 5.74) is 1.45. The summed E-state index contributed by atoms with van der Waals surface area (Å²) in [6, 6.07) is 13.0. The molecule has 0 fully saturated rings. The van der Waals surface area contributed by atoms with Crippen LogP contribution in [-0.2, 0) is 19.1 Å². The molecule has 0 aliphatic carbocycles. The van der Waals surface area contributed by atoms with Crippen molar-refractivity contribution in [2.75, 3.05) is 17.2 Å². The molecule has 0 atom stereocenters. The summed E-state index contributed by atoms with van der Waals surface area (Å²) in [5.74, 6) is -1.69. The molecule has 0 unspecified atom stereocenters. The van der Waals surface area contributed by atoms with Crippen molar-refractivity contribution in [2.24, 2.45) is 0 Å². The third-order valence-electron chi connectivity index (χ3n) is 3.60. The van der Waals surface area contributed by atoms with E-state index in [1.807, 2.05) is 0 Å². The van der Waals surface area contributed by atoms with Gasteiger partial charge in [0.2, 0.25) is 5.91 Å². The van der Waals surface area contributed by atoms with Gasteiger partial charge >= 0.3 is 5.97 Å². The number of benzene rings is 2. The van der Waals surface area contributed by atoms with Crippen molar-refractivity contribution in [3.63, 3.8) is 0 Å². The van der Waals surface area contributed by atoms with E-state index >= 15 is 0 Å². The molecular formula is C20H19ClN2O5. The van der Waals surface area contributed by atoms with E-state index < -0.39 is 18.5 Å². The standard InChI is InChI=1S/C20H19ClN2O5/c1-13(24)14-3-2-4-17(11-14)23-19(26)12-28-20(27)10-9-18(25)22-16-7-5-15(21)6-8-16/h2-8,11H,9-10,12H2,1H3,(H,22,25)(H,23,26). The van der Waals surface area contributed by atoms with Gasteiger partial charge in [-0.25, -0.2) is 0 Å². The molecule has 0 saturated heterocycles. The van der Waals surface area contributed by atoms with Crippen molar-refractivity contribution in [3.05, 3.63) is 59.1 Å². The van der Waals surface area contributed by atoms with E-state index in [1.54, 1.807) is 42.5 Å². The maximum Gasteiger partial charge on any atom is 0.306 e. The van der Waals surface area contributed by atoms with E-state index in [0.29, 0.717) is 22.0 Å². The van der Waals surface area contributed by atoms with Crippen molar-refractivity contribution >= 4 is 46.5 Å². The minimum atomic E-state index is -0.668. The number of nitrogens with one attached hydrogen (secondary N) is 2. The Hall–Kier alpha value is -3.19. The monoisotopic (exact) mass is 402 g/mol. The second kappa shape index (κ2) is 10.2. The predicted molar refractivity (Wildman–Crippen MR) is 105 cm³/mol. The highest BCUT2D eigenvalue weighted by atomic mass is 35.5. The molecule has 2 N–H and O–H groups in total. The fourth-order valence-electron chi connectivity index (χ4n) is 2.20. The van der Waals surface area contributed by atoms with E-state index in [-0.39, 0.29) is 24.5 Å². The quantitative estimate of drug-likeness (QED) is 0.520. The third-order valence-corrected chi connectivity index (χ3v) is 3.85. The lowest BCUT2D eigenvalue weighted by atomic mass is 10.1. The van der Waals surface area contributed by atoms with Gasteiger partial charge in [-0.15, -0.1) is 0 Å². The van der Waals surface area contributed by atoms with Gasteiger partial charge in [0.1, 0.15) is 0 Å². The number of carbonyl (C=O) groups is 4. The Labute approximate surface area is 167 Å². The van der Waals surface area contributed by atoms with Crippen molar-refractivity contribution in [1.29, 1.82) is 0 Å². The van der Waals surface area contributed by atoms with Crippen LogP contribution in [0.2, 0.25) is 5.02 Å². The normalized spacial score (nSPS) is 10.1. The molecule has 0 bridgehead atoms. The number of hydrogen-bond donors (Lipinski definition) is 2. The van der Waals surface area contributed by atoms with E-state index in [1.165, 1.54) is 13.0 Å². The first kappa shape index (κ1) is 21.1. The van der Waals surface area contributed by atoms with E-state index in [9.17, 15) is 19.2 Å². The summed E-state index contributed by atoms with van der Waals surface area (Å²) in [6.45, 7) is 0.938. The number of amides is 2. The Kier molecular flexibility index (Phi) is 7.71. The summed E-state index contributed by atoms with van der Waals surface area (Å²) < 4.78 is 4.85. The lowest BCUT2D eigenvalue weighted by Crippen LogP contribution is -2.22. The molecule has 0 aliphatic heterocycles. The van der Waals surface area contributed by atoms with Gasteiger partial charge in [-0.05, 0) is 43.3 Å². The first-order valence-electron chi connectivity index (χ1n) is 8.45. The van der Waals surface area contributed by atoms with Gasteiger partial charge in [-0.1, -0.05) is 23.7 Å². The summed E-state index contributed by atoms with van der Waals surface area (Å²) >= 11 is 5.76. The van der Waals surface area contributed by atoms with E-state index in [2.05, 4.69) is 10.6 Å². The number of halogens is 1. The van der Waals surface area contributed by atoms with Gasteiger partial charge in [0, 0.05) is 28.4 Å². The van der Waals surface area contributed by atoms with Crippen LogP contribution in [0.3, 0.4) is 0 Å². The first-order chi connectivity index (χ1) is 13.3. The number of hydrogen-bond acceptors (Lipinski definition) is 5. The van der Waals surface area contributed by atoms with Crippen LogP contribution < -0.4 is 10.6 Å². The van der Waals surface area contributed by atoms with Crippen LogP contribution in [0, 0.1) is 0 Å². The molecule has 0 saturated carbocycles. The fraction of sp³-hybridized carbons (Fsp3) is 0.200. The zero-order valence-corrected chi connectivity index (χ0v) is 15.9. The van der Waals surface area contributed by atoms with Crippen LogP contribution in [0.25, 0.3) is 0 Å². The van der Waals surface area contributed by atoms with Gasteiger partial charge in [0.05, 0.1) is 6.42 Å². The van der Waals surface area contributed by atoms with Crippen molar-refractivity contribution < 1.29 is 23.9 Å². The second-order valence-corrected chi connectivity index (χ2v) is 6.34. The summed E-state index contributed by atoms with van der Waals surface area (Å²) in [4.78, 5) is 46.7. The first-order valence-corrected chi connectivity index (χ1v) is 8.83. The van der Waals surface area contributed by atoms with E-state index in [4.69, 9.17) is 16.3 Å². The zero-order valence-electron chi connectivity index (χ0n) is 15.2. The number of ketones is 1. The molecule has 28 heavy (non-hydrogen) atoms. The predicted octanol–water partition coefficient (Wildman–Crippen LogP) is 3.44. The molecule has 2 aromatic rings. The number of Topliss-reactive ketones (excluding diaryl/α,β-unsaturated/α-hetero) is 1. The lowest BCUT2D eigenvalue weighted by Gasteiger charge is -2.08. The number of rotatable bonds is 8. The Morgan fingerprint density at radius 2 is 1.57 bits per heavy atom. The average molecular weight is 403 g/mol. The Morgan fingerprint density at radius 1 is 0.893 bits per heavy atom. The maximum atomic E-state index is 11.8. The smallest absolute Gasteiger partial charge is 0.306 e. The molecular weight excluding hydrogens is 384 g/mol. The van der Waals surface area contributed by atoms with Crippen LogP contribution in [0.5, 0.6) is 0 Å². The lowest BCUT2D eigenvalue weighted by molar-refractivity contribution is -0.147. The Bertz CT molecular complexity index is 880. The van der Waals surface area contributed by atoms with Crippen LogP contribution in [0.15, 0.2) is 48.5 Å². The molecule has 2 aromatic carbocycles.